The number of hydrogen-bond acceptors (Lipinski definition) is 5. The molecule has 0 aliphatic carbocycles. The fourth-order valence-corrected chi connectivity index (χ4v) is 2.60. The fraction of sp³-hybridized carbons (Fsp3) is 0.412. The lowest BCUT2D eigenvalue weighted by Crippen LogP contribution is -2.39. The summed E-state index contributed by atoms with van der Waals surface area (Å²) in [5.41, 5.74) is 3.02. The Kier molecular flexibility index (Phi) is 4.69. The molecule has 2 aromatic heterocycles. The van der Waals surface area contributed by atoms with Gasteiger partial charge in [-0.15, -0.1) is 0 Å². The Bertz CT molecular complexity index is 884. The molecule has 0 aliphatic heterocycles. The van der Waals surface area contributed by atoms with E-state index in [0.717, 1.165) is 22.4 Å². The number of imidazole rings is 1. The molecule has 3 rings (SSSR count). The van der Waals surface area contributed by atoms with Crippen LogP contribution in [-0.2, 0) is 6.54 Å². The monoisotopic (exact) mass is 342 g/mol. The van der Waals surface area contributed by atoms with Gasteiger partial charge < -0.3 is 19.7 Å². The molecule has 0 bridgehead atoms. The van der Waals surface area contributed by atoms with Gasteiger partial charge in [-0.05, 0) is 38.0 Å². The number of hydrogen-bond donors (Lipinski definition) is 2. The molecule has 1 aromatic carbocycles. The Balaban J connectivity index is 1.66. The van der Waals surface area contributed by atoms with Crippen molar-refractivity contribution < 1.29 is 9.32 Å². The smallest absolute Gasteiger partial charge is 0.318 e. The van der Waals surface area contributed by atoms with Crippen molar-refractivity contribution >= 4 is 17.1 Å². The van der Waals surface area contributed by atoms with Crippen LogP contribution in [0.15, 0.2) is 22.7 Å². The minimum absolute atomic E-state index is 0.223. The van der Waals surface area contributed by atoms with Crippen LogP contribution >= 0.6 is 0 Å². The molecular weight excluding hydrogens is 320 g/mol. The second kappa shape index (κ2) is 6.92. The molecule has 2 amide bonds. The van der Waals surface area contributed by atoms with Gasteiger partial charge in [-0.2, -0.15) is 4.98 Å². The molecule has 0 aliphatic rings. The summed E-state index contributed by atoms with van der Waals surface area (Å²) in [5.74, 6) is 1.70. The normalized spacial score (nSPS) is 12.3. The zero-order valence-electron chi connectivity index (χ0n) is 14.8. The van der Waals surface area contributed by atoms with E-state index in [2.05, 4.69) is 25.4 Å². The number of nitrogens with zero attached hydrogens (tertiary/aromatic N) is 4. The molecule has 0 radical (unpaired) electrons. The van der Waals surface area contributed by atoms with Crippen LogP contribution in [-0.4, -0.2) is 38.1 Å². The number of H-pyrrole nitrogens is 1. The van der Waals surface area contributed by atoms with Gasteiger partial charge in [0.25, 0.3) is 0 Å². The van der Waals surface area contributed by atoms with Gasteiger partial charge in [0.2, 0.25) is 5.89 Å². The molecule has 0 saturated heterocycles. The Morgan fingerprint density at radius 1 is 1.36 bits per heavy atom. The van der Waals surface area contributed by atoms with E-state index in [0.29, 0.717) is 24.7 Å². The van der Waals surface area contributed by atoms with E-state index in [1.165, 1.54) is 0 Å². The quantitative estimate of drug-likeness (QED) is 0.742. The first-order valence-electron chi connectivity index (χ1n) is 8.23. The third-order valence-corrected chi connectivity index (χ3v) is 3.97. The van der Waals surface area contributed by atoms with E-state index in [-0.39, 0.29) is 12.1 Å². The van der Waals surface area contributed by atoms with Crippen molar-refractivity contribution in [3.63, 3.8) is 0 Å². The second-order valence-corrected chi connectivity index (χ2v) is 6.15. The lowest BCUT2D eigenvalue weighted by molar-refractivity contribution is 0.197. The number of aromatic nitrogens is 4. The van der Waals surface area contributed by atoms with Crippen molar-refractivity contribution in [1.29, 1.82) is 0 Å². The van der Waals surface area contributed by atoms with Crippen LogP contribution in [0.25, 0.3) is 11.0 Å². The number of urea groups is 1. The first-order valence-corrected chi connectivity index (χ1v) is 8.23. The predicted molar refractivity (Wildman–Crippen MR) is 92.9 cm³/mol. The largest absolute Gasteiger partial charge is 0.340 e. The number of aryl methyl sites for hydroxylation is 2. The second-order valence-electron chi connectivity index (χ2n) is 6.15. The number of rotatable bonds is 5. The van der Waals surface area contributed by atoms with Gasteiger partial charge in [0, 0.05) is 7.05 Å². The van der Waals surface area contributed by atoms with Gasteiger partial charge in [0.1, 0.15) is 11.9 Å². The van der Waals surface area contributed by atoms with Gasteiger partial charge in [-0.1, -0.05) is 18.1 Å². The molecule has 1 atom stereocenters. The predicted octanol–water partition coefficient (Wildman–Crippen LogP) is 2.86. The van der Waals surface area contributed by atoms with Crippen molar-refractivity contribution in [3.05, 3.63) is 41.3 Å². The van der Waals surface area contributed by atoms with Crippen LogP contribution in [0.4, 0.5) is 4.79 Å². The molecule has 0 spiro atoms. The average molecular weight is 342 g/mol. The van der Waals surface area contributed by atoms with E-state index < -0.39 is 0 Å². The molecule has 2 heterocycles. The number of nitrogens with one attached hydrogen (secondary N) is 2. The maximum atomic E-state index is 12.4. The molecule has 132 valence electrons. The molecular formula is C17H22N6O2. The maximum absolute atomic E-state index is 12.4. The standard InChI is InChI=1S/C17H22N6O2/c1-5-12(16-18-11(3)22-25-16)21-17(24)23(4)9-15-19-13-7-6-10(2)8-14(13)20-15/h6-8,12H,5,9H2,1-4H3,(H,19,20)(H,21,24). The zero-order valence-corrected chi connectivity index (χ0v) is 14.8. The third kappa shape index (κ3) is 3.78. The highest BCUT2D eigenvalue weighted by Gasteiger charge is 2.21. The Morgan fingerprint density at radius 3 is 2.84 bits per heavy atom. The van der Waals surface area contributed by atoms with Gasteiger partial charge >= 0.3 is 6.03 Å². The van der Waals surface area contributed by atoms with E-state index in [1.54, 1.807) is 18.9 Å². The summed E-state index contributed by atoms with van der Waals surface area (Å²) in [6, 6.07) is 5.49. The lowest BCUT2D eigenvalue weighted by Gasteiger charge is -2.20. The topological polar surface area (TPSA) is 99.9 Å². The molecule has 25 heavy (non-hydrogen) atoms. The summed E-state index contributed by atoms with van der Waals surface area (Å²) in [6.07, 6.45) is 0.658. The highest BCUT2D eigenvalue weighted by molar-refractivity contribution is 5.76. The molecule has 0 saturated carbocycles. The maximum Gasteiger partial charge on any atom is 0.318 e. The minimum Gasteiger partial charge on any atom is -0.340 e. The number of aromatic amines is 1. The average Bonchev–Trinajstić information content (AvgIpc) is 3.17. The Hall–Kier alpha value is -2.90. The van der Waals surface area contributed by atoms with Crippen LogP contribution in [0.1, 0.15) is 42.5 Å². The number of fused-ring (bicyclic) bond motifs is 1. The zero-order chi connectivity index (χ0) is 18.0. The molecule has 1 unspecified atom stereocenters. The molecule has 0 fully saturated rings. The first-order chi connectivity index (χ1) is 12.0. The Labute approximate surface area is 145 Å². The van der Waals surface area contributed by atoms with Crippen LogP contribution in [0.2, 0.25) is 0 Å². The van der Waals surface area contributed by atoms with Crippen LogP contribution < -0.4 is 5.32 Å². The van der Waals surface area contributed by atoms with E-state index in [1.807, 2.05) is 32.0 Å². The molecule has 8 nitrogen and oxygen atoms in total. The summed E-state index contributed by atoms with van der Waals surface area (Å²) >= 11 is 0. The number of amides is 2. The number of carbonyl (C=O) groups is 1. The lowest BCUT2D eigenvalue weighted by atomic mass is 10.2. The van der Waals surface area contributed by atoms with Gasteiger partial charge in [0.05, 0.1) is 17.6 Å². The fourth-order valence-electron chi connectivity index (χ4n) is 2.60. The summed E-state index contributed by atoms with van der Waals surface area (Å²) in [7, 11) is 1.72. The van der Waals surface area contributed by atoms with E-state index >= 15 is 0 Å². The van der Waals surface area contributed by atoms with Gasteiger partial charge in [-0.3, -0.25) is 0 Å². The van der Waals surface area contributed by atoms with Crippen molar-refractivity contribution in [1.82, 2.24) is 30.3 Å². The highest BCUT2D eigenvalue weighted by atomic mass is 16.5. The van der Waals surface area contributed by atoms with E-state index in [9.17, 15) is 4.79 Å². The number of benzene rings is 1. The van der Waals surface area contributed by atoms with Crippen LogP contribution in [0, 0.1) is 13.8 Å². The Morgan fingerprint density at radius 2 is 2.16 bits per heavy atom. The number of carbonyl (C=O) groups excluding carboxylic acids is 1. The van der Waals surface area contributed by atoms with Crippen LogP contribution in [0.5, 0.6) is 0 Å². The van der Waals surface area contributed by atoms with Crippen molar-refractivity contribution in [3.8, 4) is 0 Å². The summed E-state index contributed by atoms with van der Waals surface area (Å²) < 4.78 is 5.15. The first kappa shape index (κ1) is 16.9. The summed E-state index contributed by atoms with van der Waals surface area (Å²) in [5, 5.41) is 6.68. The SMILES string of the molecule is CCC(NC(=O)N(C)Cc1nc2ccc(C)cc2[nH]1)c1nc(C)no1. The third-order valence-electron chi connectivity index (χ3n) is 3.97. The van der Waals surface area contributed by atoms with Crippen LogP contribution in [0.3, 0.4) is 0 Å². The van der Waals surface area contributed by atoms with Gasteiger partial charge in [-0.25, -0.2) is 9.78 Å². The van der Waals surface area contributed by atoms with Crippen molar-refractivity contribution in [2.45, 2.75) is 39.8 Å². The molecule has 2 N–H and O–H groups in total. The minimum atomic E-state index is -0.311. The summed E-state index contributed by atoms with van der Waals surface area (Å²) in [6.45, 7) is 6.10. The molecule has 3 aromatic rings. The summed E-state index contributed by atoms with van der Waals surface area (Å²) in [4.78, 5) is 26.0. The molecule has 8 heteroatoms. The van der Waals surface area contributed by atoms with Gasteiger partial charge in [0.15, 0.2) is 5.82 Å². The van der Waals surface area contributed by atoms with Crippen molar-refractivity contribution in [2.24, 2.45) is 0 Å². The highest BCUT2D eigenvalue weighted by Crippen LogP contribution is 2.16. The van der Waals surface area contributed by atoms with E-state index in [4.69, 9.17) is 4.52 Å². The van der Waals surface area contributed by atoms with Crippen molar-refractivity contribution in [2.75, 3.05) is 7.05 Å².